The Labute approximate surface area is 153 Å². The number of rotatable bonds is 5. The van der Waals surface area contributed by atoms with Gasteiger partial charge in [-0.1, -0.05) is 6.07 Å². The van der Waals surface area contributed by atoms with Gasteiger partial charge in [-0.3, -0.25) is 14.5 Å². The van der Waals surface area contributed by atoms with E-state index in [2.05, 4.69) is 21.2 Å². The van der Waals surface area contributed by atoms with Crippen LogP contribution in [-0.4, -0.2) is 59.0 Å². The predicted octanol–water partition coefficient (Wildman–Crippen LogP) is 2.68. The lowest BCUT2D eigenvalue weighted by atomic mass is 10.0. The summed E-state index contributed by atoms with van der Waals surface area (Å²) in [5, 5.41) is 4.48. The van der Waals surface area contributed by atoms with Crippen LogP contribution in [0.5, 0.6) is 0 Å². The van der Waals surface area contributed by atoms with E-state index >= 15 is 0 Å². The van der Waals surface area contributed by atoms with Crippen molar-refractivity contribution < 1.29 is 4.79 Å². The molecule has 0 bridgehead atoms. The van der Waals surface area contributed by atoms with Gasteiger partial charge in [-0.2, -0.15) is 16.9 Å². The van der Waals surface area contributed by atoms with Crippen LogP contribution in [0.4, 0.5) is 5.69 Å². The van der Waals surface area contributed by atoms with Crippen molar-refractivity contribution in [3.05, 3.63) is 42.0 Å². The van der Waals surface area contributed by atoms with Gasteiger partial charge in [0.05, 0.1) is 17.9 Å². The van der Waals surface area contributed by atoms with Crippen molar-refractivity contribution in [1.82, 2.24) is 19.7 Å². The van der Waals surface area contributed by atoms with Crippen LogP contribution >= 0.6 is 11.8 Å². The summed E-state index contributed by atoms with van der Waals surface area (Å²) in [7, 11) is 4.03. The number of anilines is 1. The number of hydrogen-bond donors (Lipinski definition) is 0. The maximum atomic E-state index is 12.9. The first-order chi connectivity index (χ1) is 12.1. The summed E-state index contributed by atoms with van der Waals surface area (Å²) in [6, 6.07) is 4.25. The molecule has 25 heavy (non-hydrogen) atoms. The molecule has 7 heteroatoms. The topological polar surface area (TPSA) is 54.3 Å². The van der Waals surface area contributed by atoms with Gasteiger partial charge in [0.25, 0.3) is 5.91 Å². The fourth-order valence-corrected chi connectivity index (χ4v) is 3.69. The van der Waals surface area contributed by atoms with E-state index in [1.807, 2.05) is 48.3 Å². The van der Waals surface area contributed by atoms with Crippen LogP contribution in [0.3, 0.4) is 0 Å². The predicted molar refractivity (Wildman–Crippen MR) is 102 cm³/mol. The zero-order valence-electron chi connectivity index (χ0n) is 15.1. The molecule has 3 heterocycles. The Kier molecular flexibility index (Phi) is 5.63. The van der Waals surface area contributed by atoms with E-state index in [0.29, 0.717) is 11.7 Å². The molecule has 1 saturated heterocycles. The van der Waals surface area contributed by atoms with E-state index < -0.39 is 0 Å². The lowest BCUT2D eigenvalue weighted by Gasteiger charge is -2.32. The zero-order valence-corrected chi connectivity index (χ0v) is 15.9. The number of aromatic nitrogens is 3. The number of thioether (sulfide) groups is 1. The van der Waals surface area contributed by atoms with Crippen LogP contribution in [0.15, 0.2) is 30.7 Å². The Morgan fingerprint density at radius 3 is 2.76 bits per heavy atom. The first kappa shape index (κ1) is 17.8. The Hall–Kier alpha value is -2.02. The summed E-state index contributed by atoms with van der Waals surface area (Å²) in [5.74, 6) is 0.865. The Balaban J connectivity index is 1.64. The molecule has 0 aliphatic carbocycles. The molecule has 3 rings (SSSR count). The average molecular weight is 359 g/mol. The van der Waals surface area contributed by atoms with Crippen molar-refractivity contribution in [2.45, 2.75) is 24.6 Å². The van der Waals surface area contributed by atoms with Crippen LogP contribution in [0, 0.1) is 0 Å². The van der Waals surface area contributed by atoms with E-state index in [9.17, 15) is 4.79 Å². The van der Waals surface area contributed by atoms with Crippen molar-refractivity contribution in [3.63, 3.8) is 0 Å². The molecule has 6 nitrogen and oxygen atoms in total. The minimum atomic E-state index is 0.0533. The third-order valence-corrected chi connectivity index (χ3v) is 5.22. The average Bonchev–Trinajstić information content (AvgIpc) is 3.12. The van der Waals surface area contributed by atoms with Crippen LogP contribution in [0.1, 0.15) is 34.9 Å². The van der Waals surface area contributed by atoms with Crippen molar-refractivity contribution >= 4 is 23.4 Å². The second-order valence-corrected chi connectivity index (χ2v) is 7.41. The van der Waals surface area contributed by atoms with Gasteiger partial charge >= 0.3 is 0 Å². The minimum Gasteiger partial charge on any atom is -0.375 e. The number of carbonyl (C=O) groups is 1. The van der Waals surface area contributed by atoms with E-state index in [4.69, 9.17) is 0 Å². The molecule has 2 aromatic rings. The third kappa shape index (κ3) is 3.98. The summed E-state index contributed by atoms with van der Waals surface area (Å²) >= 11 is 1.71. The molecule has 0 spiro atoms. The normalized spacial score (nSPS) is 15.4. The molecular weight excluding hydrogens is 334 g/mol. The molecule has 2 aromatic heterocycles. The standard InChI is InChI=1S/C18H25N5OS/c1-21(2)16-11-20-23(12-16)15-6-9-22(10-7-15)18(24)17-14(13-25-3)5-4-8-19-17/h4-5,8,11-12,15H,6-7,9-10,13H2,1-3H3. The number of amides is 1. The number of carbonyl (C=O) groups excluding carboxylic acids is 1. The van der Waals surface area contributed by atoms with Gasteiger partial charge in [0, 0.05) is 45.3 Å². The molecule has 1 aliphatic heterocycles. The van der Waals surface area contributed by atoms with Crippen molar-refractivity contribution in [3.8, 4) is 0 Å². The fraction of sp³-hybridized carbons (Fsp3) is 0.500. The molecule has 134 valence electrons. The van der Waals surface area contributed by atoms with Gasteiger partial charge in [0.15, 0.2) is 0 Å². The van der Waals surface area contributed by atoms with Gasteiger partial charge in [-0.25, -0.2) is 0 Å². The Morgan fingerprint density at radius 2 is 2.12 bits per heavy atom. The molecule has 1 aliphatic rings. The van der Waals surface area contributed by atoms with Crippen molar-refractivity contribution in [1.29, 1.82) is 0 Å². The number of piperidine rings is 1. The molecule has 0 aromatic carbocycles. The summed E-state index contributed by atoms with van der Waals surface area (Å²) in [4.78, 5) is 21.2. The second kappa shape index (κ2) is 7.91. The van der Waals surface area contributed by atoms with E-state index in [1.54, 1.807) is 18.0 Å². The van der Waals surface area contributed by atoms with Crippen molar-refractivity contribution in [2.75, 3.05) is 38.3 Å². The highest BCUT2D eigenvalue weighted by molar-refractivity contribution is 7.97. The van der Waals surface area contributed by atoms with E-state index in [-0.39, 0.29) is 5.91 Å². The molecule has 0 atom stereocenters. The Morgan fingerprint density at radius 1 is 1.36 bits per heavy atom. The molecule has 1 fully saturated rings. The molecule has 0 radical (unpaired) electrons. The summed E-state index contributed by atoms with van der Waals surface area (Å²) in [6.07, 6.45) is 9.56. The van der Waals surface area contributed by atoms with Crippen LogP contribution in [0.2, 0.25) is 0 Å². The minimum absolute atomic E-state index is 0.0533. The Bertz CT molecular complexity index is 722. The molecule has 0 N–H and O–H groups in total. The van der Waals surface area contributed by atoms with Gasteiger partial charge in [0.2, 0.25) is 0 Å². The van der Waals surface area contributed by atoms with E-state index in [0.717, 1.165) is 42.9 Å². The number of hydrogen-bond acceptors (Lipinski definition) is 5. The van der Waals surface area contributed by atoms with Gasteiger partial charge in [-0.05, 0) is 30.7 Å². The van der Waals surface area contributed by atoms with Crippen LogP contribution in [-0.2, 0) is 5.75 Å². The quantitative estimate of drug-likeness (QED) is 0.821. The lowest BCUT2D eigenvalue weighted by Crippen LogP contribution is -2.39. The lowest BCUT2D eigenvalue weighted by molar-refractivity contribution is 0.0683. The van der Waals surface area contributed by atoms with Gasteiger partial charge in [-0.15, -0.1) is 0 Å². The first-order valence-electron chi connectivity index (χ1n) is 8.53. The highest BCUT2D eigenvalue weighted by atomic mass is 32.2. The van der Waals surface area contributed by atoms with Crippen molar-refractivity contribution in [2.24, 2.45) is 0 Å². The monoisotopic (exact) mass is 359 g/mol. The van der Waals surface area contributed by atoms with Crippen LogP contribution < -0.4 is 4.90 Å². The molecular formula is C18H25N5OS. The summed E-state index contributed by atoms with van der Waals surface area (Å²) in [5.41, 5.74) is 2.72. The zero-order chi connectivity index (χ0) is 17.8. The highest BCUT2D eigenvalue weighted by Crippen LogP contribution is 2.25. The number of likely N-dealkylation sites (tertiary alicyclic amines) is 1. The molecule has 0 saturated carbocycles. The van der Waals surface area contributed by atoms with Crippen LogP contribution in [0.25, 0.3) is 0 Å². The molecule has 1 amide bonds. The maximum absolute atomic E-state index is 12.9. The molecule has 0 unspecified atom stereocenters. The largest absolute Gasteiger partial charge is 0.375 e. The fourth-order valence-electron chi connectivity index (χ4n) is 3.15. The smallest absolute Gasteiger partial charge is 0.272 e. The third-order valence-electron chi connectivity index (χ3n) is 4.62. The number of pyridine rings is 1. The van der Waals surface area contributed by atoms with Gasteiger partial charge in [0.1, 0.15) is 5.69 Å². The highest BCUT2D eigenvalue weighted by Gasteiger charge is 2.27. The summed E-state index contributed by atoms with van der Waals surface area (Å²) in [6.45, 7) is 1.49. The second-order valence-electron chi connectivity index (χ2n) is 6.54. The maximum Gasteiger partial charge on any atom is 0.272 e. The van der Waals surface area contributed by atoms with E-state index in [1.165, 1.54) is 0 Å². The van der Waals surface area contributed by atoms with Gasteiger partial charge < -0.3 is 9.80 Å². The number of nitrogens with zero attached hydrogens (tertiary/aromatic N) is 5. The SMILES string of the molecule is CSCc1cccnc1C(=O)N1CCC(n2cc(N(C)C)cn2)CC1. The summed E-state index contributed by atoms with van der Waals surface area (Å²) < 4.78 is 2.04. The first-order valence-corrected chi connectivity index (χ1v) is 9.93.